The van der Waals surface area contributed by atoms with E-state index < -0.39 is 5.60 Å². The van der Waals surface area contributed by atoms with E-state index in [9.17, 15) is 4.79 Å². The smallest absolute Gasteiger partial charge is 0.410 e. The average Bonchev–Trinajstić information content (AvgIpc) is 2.26. The molecule has 0 unspecified atom stereocenters. The second-order valence-corrected chi connectivity index (χ2v) is 7.10. The molecular formula is C15H30N2O2. The van der Waals surface area contributed by atoms with Gasteiger partial charge in [-0.15, -0.1) is 0 Å². The van der Waals surface area contributed by atoms with Gasteiger partial charge < -0.3 is 15.4 Å². The maximum atomic E-state index is 11.9. The van der Waals surface area contributed by atoms with Gasteiger partial charge in [0.05, 0.1) is 0 Å². The summed E-state index contributed by atoms with van der Waals surface area (Å²) in [4.78, 5) is 13.7. The average molecular weight is 270 g/mol. The fraction of sp³-hybridized carbons (Fsp3) is 0.933. The molecule has 0 saturated carbocycles. The number of ether oxygens (including phenoxy) is 1. The number of carbonyl (C=O) groups is 1. The molecule has 1 fully saturated rings. The number of piperidine rings is 1. The Labute approximate surface area is 117 Å². The molecule has 0 spiro atoms. The number of hydrogen-bond acceptors (Lipinski definition) is 3. The van der Waals surface area contributed by atoms with Crippen LogP contribution in [-0.4, -0.2) is 35.7 Å². The van der Waals surface area contributed by atoms with Crippen LogP contribution in [0.25, 0.3) is 0 Å². The topological polar surface area (TPSA) is 55.6 Å². The molecule has 19 heavy (non-hydrogen) atoms. The Balaban J connectivity index is 2.38. The van der Waals surface area contributed by atoms with Crippen molar-refractivity contribution in [3.05, 3.63) is 0 Å². The summed E-state index contributed by atoms with van der Waals surface area (Å²) in [5.74, 6) is 1.18. The minimum Gasteiger partial charge on any atom is -0.444 e. The monoisotopic (exact) mass is 270 g/mol. The molecular weight excluding hydrogens is 240 g/mol. The van der Waals surface area contributed by atoms with Crippen LogP contribution in [0.3, 0.4) is 0 Å². The van der Waals surface area contributed by atoms with E-state index >= 15 is 0 Å². The van der Waals surface area contributed by atoms with E-state index in [1.165, 1.54) is 0 Å². The summed E-state index contributed by atoms with van der Waals surface area (Å²) < 4.78 is 5.39. The lowest BCUT2D eigenvalue weighted by atomic mass is 9.86. The molecule has 0 radical (unpaired) electrons. The van der Waals surface area contributed by atoms with E-state index in [-0.39, 0.29) is 12.1 Å². The number of carbonyl (C=O) groups excluding carboxylic acids is 1. The van der Waals surface area contributed by atoms with Crippen LogP contribution in [0.1, 0.15) is 53.9 Å². The van der Waals surface area contributed by atoms with Gasteiger partial charge in [-0.3, -0.25) is 0 Å². The standard InChI is InChI=1S/C15H30N2O2/c1-11(2)10-13(16)12-6-8-17(9-7-12)14(18)19-15(3,4)5/h11-13H,6-10,16H2,1-5H3/t13-/m1/s1. The Morgan fingerprint density at radius 1 is 1.32 bits per heavy atom. The fourth-order valence-electron chi connectivity index (χ4n) is 2.57. The first-order chi connectivity index (χ1) is 8.69. The second kappa shape index (κ2) is 6.60. The van der Waals surface area contributed by atoms with Crippen molar-refractivity contribution in [2.75, 3.05) is 13.1 Å². The molecule has 112 valence electrons. The molecule has 0 aromatic carbocycles. The summed E-state index contributed by atoms with van der Waals surface area (Å²) in [6.07, 6.45) is 2.86. The minimum absolute atomic E-state index is 0.191. The Morgan fingerprint density at radius 2 is 1.84 bits per heavy atom. The summed E-state index contributed by atoms with van der Waals surface area (Å²) in [6.45, 7) is 11.6. The summed E-state index contributed by atoms with van der Waals surface area (Å²) in [5, 5.41) is 0. The SMILES string of the molecule is CC(C)C[C@@H](N)C1CCN(C(=O)OC(C)(C)C)CC1. The predicted octanol–water partition coefficient (Wildman–Crippen LogP) is 3.01. The second-order valence-electron chi connectivity index (χ2n) is 7.10. The van der Waals surface area contributed by atoms with Crippen LogP contribution in [0.4, 0.5) is 4.79 Å². The van der Waals surface area contributed by atoms with Crippen LogP contribution < -0.4 is 5.73 Å². The number of nitrogens with zero attached hydrogens (tertiary/aromatic N) is 1. The van der Waals surface area contributed by atoms with Crippen LogP contribution in [0.5, 0.6) is 0 Å². The Kier molecular flexibility index (Phi) is 5.65. The molecule has 1 amide bonds. The Hall–Kier alpha value is -0.770. The molecule has 1 aliphatic rings. The highest BCUT2D eigenvalue weighted by Crippen LogP contribution is 2.24. The zero-order valence-corrected chi connectivity index (χ0v) is 13.1. The largest absolute Gasteiger partial charge is 0.444 e. The van der Waals surface area contributed by atoms with Gasteiger partial charge in [0.25, 0.3) is 0 Å². The lowest BCUT2D eigenvalue weighted by Crippen LogP contribution is -2.45. The van der Waals surface area contributed by atoms with E-state index in [2.05, 4.69) is 13.8 Å². The molecule has 4 nitrogen and oxygen atoms in total. The fourth-order valence-corrected chi connectivity index (χ4v) is 2.57. The maximum absolute atomic E-state index is 11.9. The molecule has 1 saturated heterocycles. The van der Waals surface area contributed by atoms with Gasteiger partial charge in [-0.05, 0) is 51.9 Å². The van der Waals surface area contributed by atoms with Crippen molar-refractivity contribution in [3.63, 3.8) is 0 Å². The van der Waals surface area contributed by atoms with Gasteiger partial charge in [-0.1, -0.05) is 13.8 Å². The van der Waals surface area contributed by atoms with Crippen molar-refractivity contribution in [2.24, 2.45) is 17.6 Å². The van der Waals surface area contributed by atoms with Gasteiger partial charge in [0.1, 0.15) is 5.60 Å². The number of nitrogens with two attached hydrogens (primary N) is 1. The van der Waals surface area contributed by atoms with Gasteiger partial charge in [-0.25, -0.2) is 4.79 Å². The molecule has 1 heterocycles. The van der Waals surface area contributed by atoms with Crippen molar-refractivity contribution in [3.8, 4) is 0 Å². The van der Waals surface area contributed by atoms with Crippen LogP contribution in [0.15, 0.2) is 0 Å². The third-order valence-electron chi connectivity index (χ3n) is 3.54. The third kappa shape index (κ3) is 5.81. The van der Waals surface area contributed by atoms with E-state index in [1.807, 2.05) is 25.7 Å². The van der Waals surface area contributed by atoms with Crippen LogP contribution in [0.2, 0.25) is 0 Å². The third-order valence-corrected chi connectivity index (χ3v) is 3.54. The van der Waals surface area contributed by atoms with E-state index in [4.69, 9.17) is 10.5 Å². The number of likely N-dealkylation sites (tertiary alicyclic amines) is 1. The first-order valence-corrected chi connectivity index (χ1v) is 7.42. The summed E-state index contributed by atoms with van der Waals surface area (Å²) in [5.41, 5.74) is 5.82. The normalized spacial score (nSPS) is 19.6. The van der Waals surface area contributed by atoms with Gasteiger partial charge in [-0.2, -0.15) is 0 Å². The lowest BCUT2D eigenvalue weighted by molar-refractivity contribution is 0.0171. The summed E-state index contributed by atoms with van der Waals surface area (Å²) >= 11 is 0. The Bertz CT molecular complexity index is 289. The molecule has 0 aromatic heterocycles. The molecule has 1 aliphatic heterocycles. The van der Waals surface area contributed by atoms with Gasteiger partial charge >= 0.3 is 6.09 Å². The zero-order valence-electron chi connectivity index (χ0n) is 13.1. The van der Waals surface area contributed by atoms with Gasteiger partial charge in [0.2, 0.25) is 0 Å². The molecule has 4 heteroatoms. The maximum Gasteiger partial charge on any atom is 0.410 e. The van der Waals surface area contributed by atoms with Crippen LogP contribution in [0, 0.1) is 11.8 Å². The first-order valence-electron chi connectivity index (χ1n) is 7.42. The lowest BCUT2D eigenvalue weighted by Gasteiger charge is -2.36. The van der Waals surface area contributed by atoms with Crippen molar-refractivity contribution < 1.29 is 9.53 Å². The summed E-state index contributed by atoms with van der Waals surface area (Å²) in [6, 6.07) is 0.265. The van der Waals surface area contributed by atoms with Crippen molar-refractivity contribution in [2.45, 2.75) is 65.5 Å². The van der Waals surface area contributed by atoms with Crippen LogP contribution in [-0.2, 0) is 4.74 Å². The minimum atomic E-state index is -0.415. The first kappa shape index (κ1) is 16.3. The quantitative estimate of drug-likeness (QED) is 0.857. The van der Waals surface area contributed by atoms with Crippen molar-refractivity contribution in [1.82, 2.24) is 4.90 Å². The number of hydrogen-bond donors (Lipinski definition) is 1. The summed E-state index contributed by atoms with van der Waals surface area (Å²) in [7, 11) is 0. The molecule has 1 rings (SSSR count). The van der Waals surface area contributed by atoms with E-state index in [0.717, 1.165) is 32.4 Å². The molecule has 1 atom stereocenters. The molecule has 0 aromatic rings. The molecule has 2 N–H and O–H groups in total. The van der Waals surface area contributed by atoms with E-state index in [1.54, 1.807) is 0 Å². The molecule has 0 bridgehead atoms. The highest BCUT2D eigenvalue weighted by atomic mass is 16.6. The van der Waals surface area contributed by atoms with Crippen LogP contribution >= 0.6 is 0 Å². The predicted molar refractivity (Wildman–Crippen MR) is 78.0 cm³/mol. The number of rotatable bonds is 3. The van der Waals surface area contributed by atoms with E-state index in [0.29, 0.717) is 11.8 Å². The zero-order chi connectivity index (χ0) is 14.6. The van der Waals surface area contributed by atoms with Gasteiger partial charge in [0, 0.05) is 19.1 Å². The molecule has 0 aliphatic carbocycles. The van der Waals surface area contributed by atoms with Crippen molar-refractivity contribution >= 4 is 6.09 Å². The number of amides is 1. The van der Waals surface area contributed by atoms with Crippen molar-refractivity contribution in [1.29, 1.82) is 0 Å². The Morgan fingerprint density at radius 3 is 2.26 bits per heavy atom. The van der Waals surface area contributed by atoms with Gasteiger partial charge in [0.15, 0.2) is 0 Å². The highest BCUT2D eigenvalue weighted by molar-refractivity contribution is 5.68. The highest BCUT2D eigenvalue weighted by Gasteiger charge is 2.29.